The number of carbonyl (C=O) groups excluding carboxylic acids is 4. The van der Waals surface area contributed by atoms with E-state index in [4.69, 9.17) is 14.5 Å². The summed E-state index contributed by atoms with van der Waals surface area (Å²) in [6, 6.07) is 12.4. The van der Waals surface area contributed by atoms with E-state index in [1.54, 1.807) is 44.4 Å². The fraction of sp³-hybridized carbons (Fsp3) is 0.558. The summed E-state index contributed by atoms with van der Waals surface area (Å²) >= 11 is 0. The number of likely N-dealkylation sites (N-methyl/N-ethyl adjacent to an activating group) is 2. The zero-order valence-corrected chi connectivity index (χ0v) is 42.8. The number of phenolic OH excluding ortho intramolecular Hbond substituents is 1. The average Bonchev–Trinajstić information content (AvgIpc) is 4.02. The third kappa shape index (κ3) is 10.3. The number of aromatic nitrogens is 2. The van der Waals surface area contributed by atoms with E-state index in [1.165, 1.54) is 14.2 Å². The van der Waals surface area contributed by atoms with Gasteiger partial charge < -0.3 is 29.4 Å². The molecular formula is C52H70N8O9S. The number of methoxy groups -OCH3 is 1. The Bertz CT molecular complexity index is 2750. The number of nitrogens with one attached hydrogen (secondary N) is 2. The summed E-state index contributed by atoms with van der Waals surface area (Å²) in [5.74, 6) is -2.65. The van der Waals surface area contributed by atoms with Crippen LogP contribution < -0.4 is 10.7 Å². The highest BCUT2D eigenvalue weighted by molar-refractivity contribution is 7.90. The predicted molar refractivity (Wildman–Crippen MR) is 266 cm³/mol. The van der Waals surface area contributed by atoms with Gasteiger partial charge >= 0.3 is 5.97 Å². The number of hydrogen-bond acceptors (Lipinski definition) is 12. The highest BCUT2D eigenvalue weighted by atomic mass is 32.2. The summed E-state index contributed by atoms with van der Waals surface area (Å²) in [5, 5.41) is 16.2. The van der Waals surface area contributed by atoms with Crippen LogP contribution in [-0.4, -0.2) is 143 Å². The molecule has 70 heavy (non-hydrogen) atoms. The van der Waals surface area contributed by atoms with Crippen LogP contribution in [-0.2, 0) is 58.1 Å². The molecule has 2 unspecified atom stereocenters. The highest BCUT2D eigenvalue weighted by Gasteiger charge is 2.47. The first-order chi connectivity index (χ1) is 33.2. The molecule has 2 aromatic carbocycles. The van der Waals surface area contributed by atoms with Crippen LogP contribution in [0.25, 0.3) is 33.3 Å². The first kappa shape index (κ1) is 51.0. The van der Waals surface area contributed by atoms with Crippen LogP contribution in [0.5, 0.6) is 5.75 Å². The van der Waals surface area contributed by atoms with E-state index in [0.717, 1.165) is 39.0 Å². The summed E-state index contributed by atoms with van der Waals surface area (Å²) in [6.45, 7) is 13.8. The van der Waals surface area contributed by atoms with Gasteiger partial charge in [-0.1, -0.05) is 39.8 Å². The number of hydrogen-bond donors (Lipinski definition) is 3. The Morgan fingerprint density at radius 2 is 1.77 bits per heavy atom. The average molecular weight is 983 g/mol. The first-order valence-corrected chi connectivity index (χ1v) is 26.2. The van der Waals surface area contributed by atoms with Gasteiger partial charge in [-0.2, -0.15) is 0 Å². The molecule has 3 fully saturated rings. The Morgan fingerprint density at radius 1 is 1.04 bits per heavy atom. The third-order valence-electron chi connectivity index (χ3n) is 14.7. The molecule has 0 spiro atoms. The molecule has 4 aliphatic rings. The number of rotatable bonds is 11. The first-order valence-electron chi connectivity index (χ1n) is 24.7. The van der Waals surface area contributed by atoms with Crippen LogP contribution in [0.3, 0.4) is 0 Å². The van der Waals surface area contributed by atoms with Gasteiger partial charge in [0.05, 0.1) is 24.1 Å². The van der Waals surface area contributed by atoms with Crippen LogP contribution in [0.15, 0.2) is 54.7 Å². The second-order valence-corrected chi connectivity index (χ2v) is 22.9. The maximum Gasteiger partial charge on any atom is 0.324 e. The van der Waals surface area contributed by atoms with E-state index >= 15 is 0 Å². The van der Waals surface area contributed by atoms with E-state index in [-0.39, 0.29) is 56.3 Å². The number of benzene rings is 2. The number of amides is 3. The largest absolute Gasteiger partial charge is 0.508 e. The van der Waals surface area contributed by atoms with Crippen molar-refractivity contribution in [2.75, 3.05) is 54.0 Å². The second-order valence-electron chi connectivity index (χ2n) is 20.8. The molecule has 2 aromatic heterocycles. The SMILES string of the molecule is CCn1c(-c2cccnc2[C@H](C)OC)c2c3cc(ccc31)-c1cc(O)cc(c1)C[C@H](NC(=O)C(C(C)C)N(C)C(=O)C1CCN(S(=O)(=O)[C@H]3CN3C)CC1)C(=O)N1CCC[C@H](N1)C(=O)OCC(C)(C)C2. The molecule has 3 amide bonds. The fourth-order valence-corrected chi connectivity index (χ4v) is 12.7. The van der Waals surface area contributed by atoms with E-state index in [1.807, 2.05) is 39.0 Å². The number of cyclic esters (lactones) is 1. The molecular weight excluding hydrogens is 913 g/mol. The van der Waals surface area contributed by atoms with Gasteiger partial charge in [0.2, 0.25) is 21.8 Å². The van der Waals surface area contributed by atoms with Crippen LogP contribution in [0, 0.1) is 17.3 Å². The second kappa shape index (κ2) is 20.4. The molecule has 0 saturated carbocycles. The molecule has 18 heteroatoms. The van der Waals surface area contributed by atoms with E-state index in [9.17, 15) is 32.7 Å². The lowest BCUT2D eigenvalue weighted by molar-refractivity contribution is -0.155. The van der Waals surface area contributed by atoms with E-state index in [0.29, 0.717) is 56.3 Å². The van der Waals surface area contributed by atoms with Gasteiger partial charge in [-0.05, 0) is 118 Å². The lowest BCUT2D eigenvalue weighted by atomic mass is 9.84. The number of aromatic hydroxyl groups is 1. The quantitative estimate of drug-likeness (QED) is 0.131. The molecule has 3 N–H and O–H groups in total. The molecule has 17 nitrogen and oxygen atoms in total. The van der Waals surface area contributed by atoms with Crippen molar-refractivity contribution in [3.63, 3.8) is 0 Å². The van der Waals surface area contributed by atoms with Gasteiger partial charge in [0.1, 0.15) is 29.2 Å². The number of hydrazine groups is 1. The summed E-state index contributed by atoms with van der Waals surface area (Å²) in [4.78, 5) is 65.5. The maximum atomic E-state index is 14.8. The van der Waals surface area contributed by atoms with Crippen LogP contribution in [0.4, 0.5) is 0 Å². The van der Waals surface area contributed by atoms with Crippen molar-refractivity contribution in [3.05, 3.63) is 71.5 Å². The topological polar surface area (TPSA) is 196 Å². The minimum atomic E-state index is -3.49. The Kier molecular flexibility index (Phi) is 14.8. The standard InChI is InChI=1S/C52H70N8O9S/c1-10-59-43-16-15-35-27-39(43)40(47(59)38-13-11-19-53-45(38)32(4)68-9)28-52(5,6)30-69-51(65)41-14-12-20-60(55-41)50(64)42(25-33-23-36(35)26-37(61)24-33)54-48(62)46(31(2)3)57(8)49(63)34-17-21-58(22-18-34)70(66,67)44-29-56(44)7/h11,13,15-16,19,23-24,26-27,31-32,34,41-42,44,46,55,61H,10,12,14,17-18,20-22,25,28-30H2,1-9H3,(H,54,62)/t32-,41-,42-,44-,46?,56?/m0/s1. The molecule has 3 saturated heterocycles. The van der Waals surface area contributed by atoms with Crippen LogP contribution in [0.2, 0.25) is 0 Å². The van der Waals surface area contributed by atoms with Crippen molar-refractivity contribution in [2.24, 2.45) is 17.3 Å². The van der Waals surface area contributed by atoms with Crippen molar-refractivity contribution in [3.8, 4) is 28.1 Å². The Labute approximate surface area is 411 Å². The fourth-order valence-electron chi connectivity index (χ4n) is 10.7. The van der Waals surface area contributed by atoms with Gasteiger partial charge in [0, 0.05) is 87.3 Å². The van der Waals surface area contributed by atoms with Crippen molar-refractivity contribution >= 4 is 44.6 Å². The van der Waals surface area contributed by atoms with Crippen molar-refractivity contribution < 1.29 is 42.2 Å². The zero-order chi connectivity index (χ0) is 50.4. The number of fused-ring (bicyclic) bond motifs is 6. The third-order valence-corrected chi connectivity index (χ3v) is 16.9. The van der Waals surface area contributed by atoms with Crippen molar-refractivity contribution in [1.82, 2.24) is 39.4 Å². The van der Waals surface area contributed by atoms with Gasteiger partial charge in [0.25, 0.3) is 5.91 Å². The molecule has 4 aliphatic heterocycles. The zero-order valence-electron chi connectivity index (χ0n) is 42.0. The monoisotopic (exact) mass is 982 g/mol. The minimum Gasteiger partial charge on any atom is -0.508 e. The molecule has 6 atom stereocenters. The number of ether oxygens (including phenoxy) is 2. The lowest BCUT2D eigenvalue weighted by Crippen LogP contribution is -2.62. The minimum absolute atomic E-state index is 0.0199. The maximum absolute atomic E-state index is 14.8. The van der Waals surface area contributed by atoms with Crippen molar-refractivity contribution in [1.29, 1.82) is 0 Å². The number of phenols is 1. The van der Waals surface area contributed by atoms with Crippen LogP contribution >= 0.6 is 0 Å². The molecule has 6 heterocycles. The Hall–Kier alpha value is -5.40. The molecule has 0 aliphatic carbocycles. The lowest BCUT2D eigenvalue weighted by Gasteiger charge is -2.38. The van der Waals surface area contributed by atoms with Gasteiger partial charge in [0.15, 0.2) is 0 Å². The van der Waals surface area contributed by atoms with Gasteiger partial charge in [-0.15, -0.1) is 0 Å². The number of piperidine rings is 1. The number of carbonyl (C=O) groups is 4. The summed E-state index contributed by atoms with van der Waals surface area (Å²) < 4.78 is 41.9. The Morgan fingerprint density at radius 3 is 2.44 bits per heavy atom. The number of nitrogens with zero attached hydrogens (tertiary/aromatic N) is 6. The summed E-state index contributed by atoms with van der Waals surface area (Å²) in [5.41, 5.74) is 9.47. The predicted octanol–water partition coefficient (Wildman–Crippen LogP) is 5.25. The van der Waals surface area contributed by atoms with Crippen LogP contribution in [0.1, 0.15) is 90.2 Å². The molecule has 378 valence electrons. The number of pyridine rings is 1. The smallest absolute Gasteiger partial charge is 0.324 e. The Balaban J connectivity index is 1.15. The van der Waals surface area contributed by atoms with Gasteiger partial charge in [-0.25, -0.2) is 18.1 Å². The molecule has 6 bridgehead atoms. The number of esters is 1. The molecule has 8 rings (SSSR count). The van der Waals surface area contributed by atoms with Crippen molar-refractivity contribution in [2.45, 2.75) is 116 Å². The molecule has 0 radical (unpaired) electrons. The number of aryl methyl sites for hydroxylation is 1. The normalized spacial score (nSPS) is 23.4. The number of sulfonamides is 1. The highest BCUT2D eigenvalue weighted by Crippen LogP contribution is 2.42. The molecule has 4 aromatic rings. The summed E-state index contributed by atoms with van der Waals surface area (Å²) in [6.07, 6.45) is 3.57. The van der Waals surface area contributed by atoms with E-state index < -0.39 is 62.6 Å². The van der Waals surface area contributed by atoms with Gasteiger partial charge in [-0.3, -0.25) is 34.1 Å². The summed E-state index contributed by atoms with van der Waals surface area (Å²) in [7, 11) is 1.53. The van der Waals surface area contributed by atoms with E-state index in [2.05, 4.69) is 54.3 Å².